The Bertz CT molecular complexity index is 22.8. The maximum absolute atomic E-state index is 10.1. The zero-order valence-corrected chi connectivity index (χ0v) is 5.00. The zero-order valence-electron chi connectivity index (χ0n) is 5.00. The topological polar surface area (TPSA) is 92.5 Å². The second kappa shape index (κ2) is 29.0. The van der Waals surface area contributed by atoms with Crippen LogP contribution in [0.5, 0.6) is 0 Å². The van der Waals surface area contributed by atoms with Gasteiger partial charge in [0.15, 0.2) is 0 Å². The molecule has 0 aromatic rings. The van der Waals surface area contributed by atoms with Crippen LogP contribution < -0.4 is 11.5 Å². The van der Waals surface area contributed by atoms with Crippen LogP contribution in [0.3, 0.4) is 0 Å². The van der Waals surface area contributed by atoms with Crippen molar-refractivity contribution in [3.05, 3.63) is 0 Å². The Morgan fingerprint density at radius 1 is 1.12 bits per heavy atom. The molecule has 0 spiro atoms. The molecule has 0 aromatic heterocycles. The number of nitrogens with two attached hydrogens (primary N) is 2. The fraction of sp³-hybridized carbons (Fsp3) is 1.00. The number of hydrogen-bond acceptors (Lipinski definition) is 4. The van der Waals surface area contributed by atoms with Gasteiger partial charge in [0.05, 0.1) is 0 Å². The summed E-state index contributed by atoms with van der Waals surface area (Å²) in [5.74, 6) is 0. The highest BCUT2D eigenvalue weighted by atomic mass is 19.1. The van der Waals surface area contributed by atoms with Gasteiger partial charge in [0.2, 0.25) is 0 Å². The molecular formula is C2H12BFN2O2. The van der Waals surface area contributed by atoms with Crippen molar-refractivity contribution in [1.82, 2.24) is 0 Å². The molecule has 0 amide bonds. The normalized spacial score (nSPS) is 4.88. The summed E-state index contributed by atoms with van der Waals surface area (Å²) in [7, 11) is 0.333. The van der Waals surface area contributed by atoms with Crippen LogP contribution in [0.2, 0.25) is 0 Å². The summed E-state index contributed by atoms with van der Waals surface area (Å²) in [6, 6.07) is 0. The van der Waals surface area contributed by atoms with Crippen molar-refractivity contribution in [3.8, 4) is 0 Å². The van der Waals surface area contributed by atoms with E-state index in [1.807, 2.05) is 0 Å². The average molecular weight is 126 g/mol. The molecule has 0 rings (SSSR count). The monoisotopic (exact) mass is 126 g/mol. The predicted molar refractivity (Wildman–Crippen MR) is 31.5 cm³/mol. The van der Waals surface area contributed by atoms with E-state index in [2.05, 4.69) is 11.5 Å². The predicted octanol–water partition coefficient (Wildman–Crippen LogP) is -1.92. The molecule has 0 saturated heterocycles. The smallest absolute Gasteiger partial charge is 0.398 e. The van der Waals surface area contributed by atoms with Crippen molar-refractivity contribution in [1.29, 1.82) is 0 Å². The van der Waals surface area contributed by atoms with Crippen molar-refractivity contribution in [2.75, 3.05) is 14.1 Å². The van der Waals surface area contributed by atoms with Crippen molar-refractivity contribution < 1.29 is 14.4 Å². The van der Waals surface area contributed by atoms with Crippen LogP contribution in [0.25, 0.3) is 0 Å². The van der Waals surface area contributed by atoms with Crippen molar-refractivity contribution >= 4 is 7.40 Å². The molecule has 6 N–H and O–H groups in total. The van der Waals surface area contributed by atoms with Crippen LogP contribution in [-0.4, -0.2) is 31.5 Å². The van der Waals surface area contributed by atoms with Gasteiger partial charge in [-0.3, -0.25) is 4.32 Å². The number of hydrogen-bond donors (Lipinski definition) is 4. The van der Waals surface area contributed by atoms with Gasteiger partial charge in [-0.25, -0.2) is 0 Å². The molecule has 0 fully saturated rings. The fourth-order valence-electron chi connectivity index (χ4n) is 0. The fourth-order valence-corrected chi connectivity index (χ4v) is 0. The molecule has 0 saturated carbocycles. The minimum atomic E-state index is -2.67. The van der Waals surface area contributed by atoms with Crippen LogP contribution in [0.4, 0.5) is 4.32 Å². The molecule has 8 heavy (non-hydrogen) atoms. The Balaban J connectivity index is -0.0000000542. The molecule has 0 atom stereocenters. The summed E-state index contributed by atoms with van der Waals surface area (Å²) in [6.45, 7) is 0. The standard InChI is InChI=1S/2CH5N.BFH2O2/c2*1-2;2-1(3)4/h2*2H2,1H3;3-4H. The second-order valence-corrected chi connectivity index (χ2v) is 0.311. The highest BCUT2D eigenvalue weighted by Gasteiger charge is 1.97. The Labute approximate surface area is 48.5 Å². The number of halogens is 1. The number of rotatable bonds is 0. The SMILES string of the molecule is CN.CN.OB(O)F. The summed E-state index contributed by atoms with van der Waals surface area (Å²) in [5.41, 5.74) is 9.00. The van der Waals surface area contributed by atoms with E-state index in [1.165, 1.54) is 14.1 Å². The summed E-state index contributed by atoms with van der Waals surface area (Å²) in [4.78, 5) is 0. The Morgan fingerprint density at radius 2 is 1.12 bits per heavy atom. The molecule has 0 aliphatic heterocycles. The van der Waals surface area contributed by atoms with Gasteiger partial charge in [-0.15, -0.1) is 0 Å². The van der Waals surface area contributed by atoms with Crippen LogP contribution in [0, 0.1) is 0 Å². The quantitative estimate of drug-likeness (QED) is 0.284. The summed E-state index contributed by atoms with van der Waals surface area (Å²) in [6.07, 6.45) is 0. The molecule has 0 aromatic carbocycles. The van der Waals surface area contributed by atoms with E-state index in [9.17, 15) is 4.32 Å². The molecule has 0 aliphatic rings. The van der Waals surface area contributed by atoms with Crippen LogP contribution in [0.15, 0.2) is 0 Å². The molecular weight excluding hydrogens is 114 g/mol. The van der Waals surface area contributed by atoms with Crippen molar-refractivity contribution in [2.24, 2.45) is 11.5 Å². The lowest BCUT2D eigenvalue weighted by Crippen LogP contribution is -1.98. The van der Waals surface area contributed by atoms with Gasteiger partial charge in [0, 0.05) is 0 Å². The van der Waals surface area contributed by atoms with E-state index in [4.69, 9.17) is 10.0 Å². The summed E-state index contributed by atoms with van der Waals surface area (Å²) >= 11 is 0. The van der Waals surface area contributed by atoms with E-state index in [1.54, 1.807) is 0 Å². The molecule has 0 aliphatic carbocycles. The maximum atomic E-state index is 10.1. The molecule has 52 valence electrons. The van der Waals surface area contributed by atoms with Gasteiger partial charge in [-0.2, -0.15) is 0 Å². The first-order valence-electron chi connectivity index (χ1n) is 1.89. The summed E-state index contributed by atoms with van der Waals surface area (Å²) in [5, 5.41) is 13.9. The molecule has 0 unspecified atom stereocenters. The lowest BCUT2D eigenvalue weighted by molar-refractivity contribution is 0.340. The van der Waals surface area contributed by atoms with Gasteiger partial charge in [0.25, 0.3) is 0 Å². The summed E-state index contributed by atoms with van der Waals surface area (Å²) < 4.78 is 10.1. The third-order valence-corrected chi connectivity index (χ3v) is 0. The third kappa shape index (κ3) is 5010. The second-order valence-electron chi connectivity index (χ2n) is 0.311. The lowest BCUT2D eigenvalue weighted by Gasteiger charge is -1.65. The van der Waals surface area contributed by atoms with E-state index in [-0.39, 0.29) is 0 Å². The van der Waals surface area contributed by atoms with Gasteiger partial charge in [0.1, 0.15) is 0 Å². The molecule has 6 heteroatoms. The minimum absolute atomic E-state index is 1.50. The van der Waals surface area contributed by atoms with Gasteiger partial charge >= 0.3 is 7.40 Å². The van der Waals surface area contributed by atoms with E-state index in [0.29, 0.717) is 0 Å². The maximum Gasteiger partial charge on any atom is 0.674 e. The first-order valence-corrected chi connectivity index (χ1v) is 1.89. The van der Waals surface area contributed by atoms with E-state index >= 15 is 0 Å². The highest BCUT2D eigenvalue weighted by Crippen LogP contribution is 1.57. The van der Waals surface area contributed by atoms with Crippen LogP contribution in [0.1, 0.15) is 0 Å². The molecule has 4 nitrogen and oxygen atoms in total. The van der Waals surface area contributed by atoms with Gasteiger partial charge in [-0.05, 0) is 14.1 Å². The average Bonchev–Trinajstić information content (AvgIpc) is 1.75. The van der Waals surface area contributed by atoms with Crippen molar-refractivity contribution in [2.45, 2.75) is 0 Å². The molecule has 0 bridgehead atoms. The third-order valence-electron chi connectivity index (χ3n) is 0. The lowest BCUT2D eigenvalue weighted by atomic mass is 10.3. The largest absolute Gasteiger partial charge is 0.674 e. The van der Waals surface area contributed by atoms with Gasteiger partial charge < -0.3 is 21.5 Å². The minimum Gasteiger partial charge on any atom is -0.398 e. The first kappa shape index (κ1) is 15.7. The van der Waals surface area contributed by atoms with E-state index in [0.717, 1.165) is 0 Å². The van der Waals surface area contributed by atoms with Crippen LogP contribution >= 0.6 is 0 Å². The van der Waals surface area contributed by atoms with E-state index < -0.39 is 7.40 Å². The Kier molecular flexibility index (Phi) is 56.7. The Morgan fingerprint density at radius 3 is 1.12 bits per heavy atom. The molecule has 0 heterocycles. The molecule has 0 radical (unpaired) electrons. The van der Waals surface area contributed by atoms with Crippen LogP contribution in [-0.2, 0) is 0 Å². The Hall–Kier alpha value is -0.165. The van der Waals surface area contributed by atoms with Gasteiger partial charge in [-0.1, -0.05) is 0 Å². The van der Waals surface area contributed by atoms with Crippen molar-refractivity contribution in [3.63, 3.8) is 0 Å². The highest BCUT2D eigenvalue weighted by molar-refractivity contribution is 6.31. The first-order chi connectivity index (χ1) is 3.73. The zero-order chi connectivity index (χ0) is 7.58.